The van der Waals surface area contributed by atoms with Gasteiger partial charge in [-0.3, -0.25) is 4.98 Å². The van der Waals surface area contributed by atoms with E-state index < -0.39 is 5.97 Å². The molecule has 0 bridgehead atoms. The van der Waals surface area contributed by atoms with Crippen LogP contribution in [0, 0.1) is 0 Å². The van der Waals surface area contributed by atoms with E-state index in [0.717, 1.165) is 31.5 Å². The van der Waals surface area contributed by atoms with Gasteiger partial charge in [0.1, 0.15) is 5.82 Å². The van der Waals surface area contributed by atoms with E-state index in [4.69, 9.17) is 9.47 Å². The van der Waals surface area contributed by atoms with Crippen molar-refractivity contribution in [1.29, 1.82) is 0 Å². The molecule has 2 aliphatic heterocycles. The van der Waals surface area contributed by atoms with Crippen LogP contribution in [0.2, 0.25) is 0 Å². The molecule has 0 saturated carbocycles. The summed E-state index contributed by atoms with van der Waals surface area (Å²) in [7, 11) is 1.33. The molecule has 2 aromatic rings. The van der Waals surface area contributed by atoms with Crippen LogP contribution >= 0.6 is 0 Å². The number of aromatic nitrogens is 2. The van der Waals surface area contributed by atoms with Crippen LogP contribution in [0.5, 0.6) is 0 Å². The SMILES string of the molecule is COC(=O)c1cncc(N2CCC3(CC2)C[C@H](O)C[C@H](c2ccccc2)O3)n1. The molecule has 1 aromatic heterocycles. The third-order valence-electron chi connectivity index (χ3n) is 5.67. The highest BCUT2D eigenvalue weighted by molar-refractivity contribution is 5.87. The van der Waals surface area contributed by atoms with Gasteiger partial charge in [-0.25, -0.2) is 9.78 Å². The lowest BCUT2D eigenvalue weighted by atomic mass is 9.81. The Labute approximate surface area is 164 Å². The van der Waals surface area contributed by atoms with Gasteiger partial charge in [0.2, 0.25) is 0 Å². The van der Waals surface area contributed by atoms with Crippen molar-refractivity contribution in [2.45, 2.75) is 43.5 Å². The van der Waals surface area contributed by atoms with Gasteiger partial charge >= 0.3 is 5.97 Å². The molecule has 4 rings (SSSR count). The number of aliphatic hydroxyl groups is 1. The van der Waals surface area contributed by atoms with Crippen molar-refractivity contribution in [2.24, 2.45) is 0 Å². The Balaban J connectivity index is 1.46. The number of benzene rings is 1. The van der Waals surface area contributed by atoms with Crippen molar-refractivity contribution >= 4 is 11.8 Å². The molecule has 0 aliphatic carbocycles. The minimum atomic E-state index is -0.493. The molecule has 28 heavy (non-hydrogen) atoms. The number of piperidine rings is 1. The minimum absolute atomic E-state index is 0.0843. The van der Waals surface area contributed by atoms with Gasteiger partial charge in [0.15, 0.2) is 5.69 Å². The van der Waals surface area contributed by atoms with Gasteiger partial charge in [-0.15, -0.1) is 0 Å². The number of nitrogens with zero attached hydrogens (tertiary/aromatic N) is 3. The molecule has 1 spiro atoms. The standard InChI is InChI=1S/C21H25N3O4/c1-27-20(26)17-13-22-14-19(23-17)24-9-7-21(8-10-24)12-16(25)11-18(28-21)15-5-3-2-4-6-15/h2-6,13-14,16,18,25H,7-12H2,1H3/t16-,18-/m1/s1. The van der Waals surface area contributed by atoms with Crippen molar-refractivity contribution in [1.82, 2.24) is 9.97 Å². The summed E-state index contributed by atoms with van der Waals surface area (Å²) in [5.41, 5.74) is 0.982. The van der Waals surface area contributed by atoms with Crippen LogP contribution in [-0.4, -0.2) is 52.9 Å². The van der Waals surface area contributed by atoms with Crippen LogP contribution in [0.15, 0.2) is 42.7 Å². The van der Waals surface area contributed by atoms with Gasteiger partial charge in [-0.2, -0.15) is 0 Å². The third kappa shape index (κ3) is 3.86. The summed E-state index contributed by atoms with van der Waals surface area (Å²) in [6.07, 6.45) is 5.47. The fourth-order valence-electron chi connectivity index (χ4n) is 4.21. The molecule has 1 N–H and O–H groups in total. The van der Waals surface area contributed by atoms with Crippen molar-refractivity contribution < 1.29 is 19.4 Å². The Bertz CT molecular complexity index is 821. The second-order valence-corrected chi connectivity index (χ2v) is 7.53. The second kappa shape index (κ2) is 7.85. The second-order valence-electron chi connectivity index (χ2n) is 7.53. The molecule has 2 aliphatic rings. The first-order valence-corrected chi connectivity index (χ1v) is 9.65. The van der Waals surface area contributed by atoms with Crippen LogP contribution in [0.1, 0.15) is 47.8 Å². The van der Waals surface area contributed by atoms with E-state index in [0.29, 0.717) is 18.7 Å². The van der Waals surface area contributed by atoms with Crippen molar-refractivity contribution in [2.75, 3.05) is 25.1 Å². The van der Waals surface area contributed by atoms with E-state index in [2.05, 4.69) is 27.0 Å². The fourth-order valence-corrected chi connectivity index (χ4v) is 4.21. The molecule has 0 radical (unpaired) electrons. The maximum Gasteiger partial charge on any atom is 0.358 e. The molecule has 148 valence electrons. The summed E-state index contributed by atoms with van der Waals surface area (Å²) in [5.74, 6) is 0.168. The van der Waals surface area contributed by atoms with Gasteiger partial charge < -0.3 is 19.5 Å². The van der Waals surface area contributed by atoms with Crippen molar-refractivity contribution in [3.05, 3.63) is 54.0 Å². The fraction of sp³-hybridized carbons (Fsp3) is 0.476. The maximum absolute atomic E-state index is 11.7. The number of hydrogen-bond donors (Lipinski definition) is 1. The van der Waals surface area contributed by atoms with Gasteiger partial charge in [-0.05, 0) is 18.4 Å². The molecule has 1 aromatic carbocycles. The summed E-state index contributed by atoms with van der Waals surface area (Å²) in [5, 5.41) is 10.5. The predicted molar refractivity (Wildman–Crippen MR) is 103 cm³/mol. The number of carbonyl (C=O) groups excluding carboxylic acids is 1. The summed E-state index contributed by atoms with van der Waals surface area (Å²) in [6, 6.07) is 10.1. The van der Waals surface area contributed by atoms with E-state index in [9.17, 15) is 9.90 Å². The van der Waals surface area contributed by atoms with Crippen molar-refractivity contribution in [3.63, 3.8) is 0 Å². The first-order valence-electron chi connectivity index (χ1n) is 9.65. The van der Waals surface area contributed by atoms with E-state index in [1.807, 2.05) is 18.2 Å². The Morgan fingerprint density at radius 3 is 2.71 bits per heavy atom. The smallest absolute Gasteiger partial charge is 0.358 e. The number of carbonyl (C=O) groups is 1. The summed E-state index contributed by atoms with van der Waals surface area (Å²) >= 11 is 0. The number of ether oxygens (including phenoxy) is 2. The lowest BCUT2D eigenvalue weighted by molar-refractivity contribution is -0.173. The summed E-state index contributed by atoms with van der Waals surface area (Å²) in [6.45, 7) is 1.46. The van der Waals surface area contributed by atoms with E-state index in [1.54, 1.807) is 6.20 Å². The zero-order chi connectivity index (χ0) is 19.6. The number of methoxy groups -OCH3 is 1. The monoisotopic (exact) mass is 383 g/mol. The van der Waals surface area contributed by atoms with Crippen LogP contribution in [0.25, 0.3) is 0 Å². The van der Waals surface area contributed by atoms with Crippen molar-refractivity contribution in [3.8, 4) is 0 Å². The average Bonchev–Trinajstić information content (AvgIpc) is 2.74. The van der Waals surface area contributed by atoms with E-state index >= 15 is 0 Å². The van der Waals surface area contributed by atoms with E-state index in [-0.39, 0.29) is 23.5 Å². The molecule has 7 heteroatoms. The van der Waals surface area contributed by atoms with Gasteiger partial charge in [0, 0.05) is 25.9 Å². The summed E-state index contributed by atoms with van der Waals surface area (Å²) in [4.78, 5) is 22.3. The molecular weight excluding hydrogens is 358 g/mol. The van der Waals surface area contributed by atoms with Crippen LogP contribution in [0.4, 0.5) is 5.82 Å². The molecule has 3 heterocycles. The Morgan fingerprint density at radius 2 is 2.00 bits per heavy atom. The maximum atomic E-state index is 11.7. The zero-order valence-electron chi connectivity index (χ0n) is 16.0. The Morgan fingerprint density at radius 1 is 1.25 bits per heavy atom. The zero-order valence-corrected chi connectivity index (χ0v) is 16.0. The molecule has 0 unspecified atom stereocenters. The molecule has 0 amide bonds. The first-order chi connectivity index (χ1) is 13.6. The highest BCUT2D eigenvalue weighted by Crippen LogP contribution is 2.43. The number of aliphatic hydroxyl groups excluding tert-OH is 1. The molecular formula is C21H25N3O4. The van der Waals surface area contributed by atoms with Gasteiger partial charge in [0.05, 0.1) is 37.3 Å². The van der Waals surface area contributed by atoms with Gasteiger partial charge in [-0.1, -0.05) is 30.3 Å². The molecule has 2 fully saturated rings. The Hall–Kier alpha value is -2.51. The topological polar surface area (TPSA) is 84.8 Å². The van der Waals surface area contributed by atoms with Gasteiger partial charge in [0.25, 0.3) is 0 Å². The highest BCUT2D eigenvalue weighted by Gasteiger charge is 2.43. The van der Waals surface area contributed by atoms with Crippen LogP contribution in [-0.2, 0) is 9.47 Å². The third-order valence-corrected chi connectivity index (χ3v) is 5.67. The number of hydrogen-bond acceptors (Lipinski definition) is 7. The molecule has 2 atom stereocenters. The largest absolute Gasteiger partial charge is 0.464 e. The summed E-state index contributed by atoms with van der Waals surface area (Å²) < 4.78 is 11.3. The molecule has 2 saturated heterocycles. The lowest BCUT2D eigenvalue weighted by Gasteiger charge is -2.48. The normalized spacial score (nSPS) is 24.1. The lowest BCUT2D eigenvalue weighted by Crippen LogP contribution is -2.51. The average molecular weight is 383 g/mol. The van der Waals surface area contributed by atoms with Crippen LogP contribution in [0.3, 0.4) is 0 Å². The van der Waals surface area contributed by atoms with E-state index in [1.165, 1.54) is 13.3 Å². The predicted octanol–water partition coefficient (Wildman–Crippen LogP) is 2.51. The highest BCUT2D eigenvalue weighted by atomic mass is 16.5. The number of rotatable bonds is 3. The number of esters is 1. The first kappa shape index (κ1) is 18.8. The number of anilines is 1. The molecule has 7 nitrogen and oxygen atoms in total. The quantitative estimate of drug-likeness (QED) is 0.815. The minimum Gasteiger partial charge on any atom is -0.464 e. The van der Waals surface area contributed by atoms with Crippen LogP contribution < -0.4 is 4.90 Å². The Kier molecular flexibility index (Phi) is 5.28.